The first-order chi connectivity index (χ1) is 22.0. The van der Waals surface area contributed by atoms with Crippen molar-refractivity contribution in [2.24, 2.45) is 10.7 Å². The number of nitrogens with two attached hydrogens (primary N) is 2. The highest BCUT2D eigenvalue weighted by molar-refractivity contribution is 7.80. The van der Waals surface area contributed by atoms with E-state index in [0.29, 0.717) is 47.9 Å². The number of thiol groups is 1. The van der Waals surface area contributed by atoms with Crippen LogP contribution in [0.25, 0.3) is 11.8 Å². The minimum Gasteiger partial charge on any atom is -0.398 e. The van der Waals surface area contributed by atoms with Crippen molar-refractivity contribution in [1.29, 1.82) is 0 Å². The summed E-state index contributed by atoms with van der Waals surface area (Å²) in [7, 11) is 0. The van der Waals surface area contributed by atoms with Gasteiger partial charge in [-0.2, -0.15) is 0 Å². The zero-order chi connectivity index (χ0) is 35.1. The summed E-state index contributed by atoms with van der Waals surface area (Å²) in [5.41, 5.74) is 18.3. The van der Waals surface area contributed by atoms with Gasteiger partial charge in [-0.1, -0.05) is 84.0 Å². The van der Waals surface area contributed by atoms with Crippen molar-refractivity contribution in [3.05, 3.63) is 95.2 Å². The molecule has 0 aliphatic heterocycles. The van der Waals surface area contributed by atoms with E-state index < -0.39 is 0 Å². The number of allylic oxidation sites excluding steroid dienone is 4. The zero-order valence-corrected chi connectivity index (χ0v) is 29.8. The number of rotatable bonds is 14. The van der Waals surface area contributed by atoms with Crippen LogP contribution in [0, 0.1) is 12.3 Å². The predicted molar refractivity (Wildman–Crippen MR) is 203 cm³/mol. The first kappa shape index (κ1) is 41.7. The average Bonchev–Trinajstić information content (AvgIpc) is 3.05. The SMILES string of the molecule is C#CCCN(CCC)C(=O)/C(N)=C/C(CCC)=N\C(=C/C=C)c1ccc(N)c(S)c1.CC.CCc1ccccc1/C=C(\C)C(C)=O. The molecular formula is C39H54N4O2S. The van der Waals surface area contributed by atoms with Crippen molar-refractivity contribution in [2.45, 2.75) is 85.5 Å². The summed E-state index contributed by atoms with van der Waals surface area (Å²) in [6.07, 6.45) is 16.3. The Hall–Kier alpha value is -4.28. The first-order valence-electron chi connectivity index (χ1n) is 16.0. The summed E-state index contributed by atoms with van der Waals surface area (Å²) in [4.78, 5) is 31.0. The molecule has 2 rings (SSSR count). The Morgan fingerprint density at radius 3 is 2.28 bits per heavy atom. The Morgan fingerprint density at radius 1 is 1.07 bits per heavy atom. The summed E-state index contributed by atoms with van der Waals surface area (Å²) in [6.45, 7) is 18.5. The molecule has 0 aliphatic rings. The Morgan fingerprint density at radius 2 is 1.74 bits per heavy atom. The maximum Gasteiger partial charge on any atom is 0.269 e. The molecule has 0 saturated carbocycles. The van der Waals surface area contributed by atoms with Crippen LogP contribution in [0.4, 0.5) is 5.69 Å². The van der Waals surface area contributed by atoms with Crippen molar-refractivity contribution in [3.8, 4) is 12.3 Å². The van der Waals surface area contributed by atoms with Crippen LogP contribution in [-0.4, -0.2) is 35.4 Å². The van der Waals surface area contributed by atoms with Gasteiger partial charge in [0.1, 0.15) is 0 Å². The van der Waals surface area contributed by atoms with Crippen LogP contribution in [0.5, 0.6) is 0 Å². The third-order valence-electron chi connectivity index (χ3n) is 6.61. The number of amides is 1. The molecule has 6 nitrogen and oxygen atoms in total. The molecule has 0 fully saturated rings. The summed E-state index contributed by atoms with van der Waals surface area (Å²) in [6, 6.07) is 13.7. The van der Waals surface area contributed by atoms with E-state index in [1.807, 2.05) is 71.0 Å². The number of terminal acetylenes is 1. The maximum absolute atomic E-state index is 12.8. The van der Waals surface area contributed by atoms with Gasteiger partial charge in [-0.25, -0.2) is 0 Å². The molecule has 0 radical (unpaired) electrons. The van der Waals surface area contributed by atoms with Crippen molar-refractivity contribution < 1.29 is 9.59 Å². The molecule has 248 valence electrons. The van der Waals surface area contributed by atoms with E-state index in [9.17, 15) is 9.59 Å². The van der Waals surface area contributed by atoms with Crippen LogP contribution in [-0.2, 0) is 16.0 Å². The third-order valence-corrected chi connectivity index (χ3v) is 7.00. The molecule has 0 spiro atoms. The number of nitrogens with zero attached hydrogens (tertiary/aromatic N) is 2. The molecule has 0 bridgehead atoms. The van der Waals surface area contributed by atoms with Gasteiger partial charge < -0.3 is 16.4 Å². The van der Waals surface area contributed by atoms with Crippen molar-refractivity contribution in [2.75, 3.05) is 18.8 Å². The number of carbonyl (C=O) groups is 2. The average molecular weight is 643 g/mol. The molecule has 0 heterocycles. The second-order valence-corrected chi connectivity index (χ2v) is 10.7. The maximum atomic E-state index is 12.8. The van der Waals surface area contributed by atoms with E-state index in [-0.39, 0.29) is 17.4 Å². The quantitative estimate of drug-likeness (QED) is 0.0479. The van der Waals surface area contributed by atoms with Crippen LogP contribution >= 0.6 is 12.6 Å². The molecular weight excluding hydrogens is 589 g/mol. The molecule has 0 unspecified atom stereocenters. The van der Waals surface area contributed by atoms with Gasteiger partial charge in [-0.05, 0) is 80.2 Å². The fraction of sp³-hybridized carbons (Fsp3) is 0.359. The second kappa shape index (κ2) is 24.0. The number of Topliss-reactive ketones (excluding diaryl/α,β-unsaturated/α-hetero) is 1. The molecule has 46 heavy (non-hydrogen) atoms. The molecule has 0 atom stereocenters. The summed E-state index contributed by atoms with van der Waals surface area (Å²) < 4.78 is 0. The van der Waals surface area contributed by atoms with E-state index in [4.69, 9.17) is 22.9 Å². The molecule has 4 N–H and O–H groups in total. The Bertz CT molecular complexity index is 1440. The van der Waals surface area contributed by atoms with Gasteiger partial charge in [0.15, 0.2) is 5.78 Å². The number of hydrogen-bond acceptors (Lipinski definition) is 6. The van der Waals surface area contributed by atoms with Crippen LogP contribution in [0.15, 0.2) is 88.4 Å². The van der Waals surface area contributed by atoms with Crippen molar-refractivity contribution >= 4 is 47.5 Å². The lowest BCUT2D eigenvalue weighted by Gasteiger charge is -2.21. The number of hydrogen-bond donors (Lipinski definition) is 3. The molecule has 0 saturated heterocycles. The normalized spacial score (nSPS) is 11.7. The van der Waals surface area contributed by atoms with Gasteiger partial charge >= 0.3 is 0 Å². The van der Waals surface area contributed by atoms with Crippen LogP contribution in [0.1, 0.15) is 90.8 Å². The monoisotopic (exact) mass is 642 g/mol. The summed E-state index contributed by atoms with van der Waals surface area (Å²) >= 11 is 4.39. The number of aliphatic imine (C=N–C) groups is 1. The lowest BCUT2D eigenvalue weighted by Crippen LogP contribution is -2.36. The zero-order valence-electron chi connectivity index (χ0n) is 28.9. The highest BCUT2D eigenvalue weighted by atomic mass is 32.1. The Kier molecular flexibility index (Phi) is 21.8. The fourth-order valence-corrected chi connectivity index (χ4v) is 4.34. The second-order valence-electron chi connectivity index (χ2n) is 10.2. The van der Waals surface area contributed by atoms with E-state index in [2.05, 4.69) is 38.1 Å². The Labute approximate surface area is 283 Å². The summed E-state index contributed by atoms with van der Waals surface area (Å²) in [5.74, 6) is 2.48. The number of aryl methyl sites for hydroxylation is 1. The van der Waals surface area contributed by atoms with E-state index in [0.717, 1.165) is 36.0 Å². The van der Waals surface area contributed by atoms with Gasteiger partial charge in [0.2, 0.25) is 0 Å². The van der Waals surface area contributed by atoms with Gasteiger partial charge in [0.25, 0.3) is 5.91 Å². The predicted octanol–water partition coefficient (Wildman–Crippen LogP) is 8.70. The standard InChI is InChI=1S/C24H32N4OS.C13H16O.C2H6/c1-5-9-15-28(14-8-4)24(29)21(26)17-19(10-6-2)27-22(11-7-3)18-12-13-20(25)23(30)16-18;1-4-12-7-5-6-8-13(12)9-10(2)11(3)14;1-2/h1,7,11-13,16-17,30H,3,6,8-10,14-15,25-26H2,2,4H3;5-9H,4H2,1-3H3;1-2H3/b21-17-,22-11-,27-19-;10-9+;. The van der Waals surface area contributed by atoms with Crippen molar-refractivity contribution in [1.82, 2.24) is 4.90 Å². The number of carbonyl (C=O) groups excluding carboxylic acids is 2. The lowest BCUT2D eigenvalue weighted by atomic mass is 10.0. The Balaban J connectivity index is 0.00000105. The molecule has 2 aromatic carbocycles. The topological polar surface area (TPSA) is 102 Å². The van der Waals surface area contributed by atoms with E-state index >= 15 is 0 Å². The van der Waals surface area contributed by atoms with E-state index in [1.165, 1.54) is 5.56 Å². The number of ketones is 1. The van der Waals surface area contributed by atoms with Gasteiger partial charge in [-0.15, -0.1) is 25.0 Å². The van der Waals surface area contributed by atoms with Gasteiger partial charge in [0, 0.05) is 41.4 Å². The van der Waals surface area contributed by atoms with Crippen LogP contribution in [0.3, 0.4) is 0 Å². The van der Waals surface area contributed by atoms with Gasteiger partial charge in [0.05, 0.1) is 11.4 Å². The van der Waals surface area contributed by atoms with Crippen LogP contribution in [0.2, 0.25) is 0 Å². The highest BCUT2D eigenvalue weighted by Crippen LogP contribution is 2.24. The number of benzene rings is 2. The van der Waals surface area contributed by atoms with E-state index in [1.54, 1.807) is 36.1 Å². The smallest absolute Gasteiger partial charge is 0.269 e. The summed E-state index contributed by atoms with van der Waals surface area (Å²) in [5, 5.41) is 0. The van der Waals surface area contributed by atoms with Crippen LogP contribution < -0.4 is 11.5 Å². The molecule has 7 heteroatoms. The van der Waals surface area contributed by atoms with Crippen molar-refractivity contribution in [3.63, 3.8) is 0 Å². The highest BCUT2D eigenvalue weighted by Gasteiger charge is 2.16. The largest absolute Gasteiger partial charge is 0.398 e. The molecule has 1 amide bonds. The minimum atomic E-state index is -0.227. The third kappa shape index (κ3) is 15.1. The van der Waals surface area contributed by atoms with Gasteiger partial charge in [-0.3, -0.25) is 14.6 Å². The minimum absolute atomic E-state index is 0.135. The fourth-order valence-electron chi connectivity index (χ4n) is 4.12. The molecule has 0 aliphatic carbocycles. The molecule has 0 aromatic heterocycles. The lowest BCUT2D eigenvalue weighted by molar-refractivity contribution is -0.127. The number of nitrogen functional groups attached to an aromatic ring is 1. The molecule has 2 aromatic rings. The first-order valence-corrected chi connectivity index (χ1v) is 16.4. The number of anilines is 1.